The molecule has 0 radical (unpaired) electrons. The summed E-state index contributed by atoms with van der Waals surface area (Å²) in [6.45, 7) is 0. The van der Waals surface area contributed by atoms with Crippen molar-refractivity contribution in [3.05, 3.63) is 35.7 Å². The standard InChI is InChI=1S/C10H8N2O3/c1-15-10(14)8-5-11-12-3-2-7(6-13)4-9(8)12/h2-6H,1H3. The van der Waals surface area contributed by atoms with Crippen molar-refractivity contribution >= 4 is 17.8 Å². The molecule has 0 saturated carbocycles. The number of hydrogen-bond acceptors (Lipinski definition) is 4. The maximum Gasteiger partial charge on any atom is 0.341 e. The Hall–Kier alpha value is -2.17. The first-order valence-electron chi connectivity index (χ1n) is 4.27. The summed E-state index contributed by atoms with van der Waals surface area (Å²) >= 11 is 0. The number of methoxy groups -OCH3 is 1. The van der Waals surface area contributed by atoms with E-state index in [2.05, 4.69) is 9.84 Å². The number of carbonyl (C=O) groups is 2. The molecular formula is C10H8N2O3. The lowest BCUT2D eigenvalue weighted by molar-refractivity contribution is 0.0603. The van der Waals surface area contributed by atoms with Gasteiger partial charge in [-0.1, -0.05) is 0 Å². The van der Waals surface area contributed by atoms with E-state index < -0.39 is 5.97 Å². The van der Waals surface area contributed by atoms with Gasteiger partial charge in [0.15, 0.2) is 0 Å². The van der Waals surface area contributed by atoms with Crippen LogP contribution in [0.5, 0.6) is 0 Å². The highest BCUT2D eigenvalue weighted by molar-refractivity contribution is 5.97. The molecule has 0 N–H and O–H groups in total. The molecule has 0 unspecified atom stereocenters. The summed E-state index contributed by atoms with van der Waals surface area (Å²) in [5.74, 6) is -0.465. The first-order valence-corrected chi connectivity index (χ1v) is 4.27. The van der Waals surface area contributed by atoms with Gasteiger partial charge in [-0.05, 0) is 12.1 Å². The highest BCUT2D eigenvalue weighted by Crippen LogP contribution is 2.12. The lowest BCUT2D eigenvalue weighted by Crippen LogP contribution is -2.00. The summed E-state index contributed by atoms with van der Waals surface area (Å²) in [5.41, 5.74) is 1.40. The molecule has 2 aromatic heterocycles. The quantitative estimate of drug-likeness (QED) is 0.539. The van der Waals surface area contributed by atoms with Crippen LogP contribution in [0.1, 0.15) is 20.7 Å². The molecule has 0 aliphatic heterocycles. The van der Waals surface area contributed by atoms with Gasteiger partial charge < -0.3 is 4.74 Å². The highest BCUT2D eigenvalue weighted by Gasteiger charge is 2.12. The Morgan fingerprint density at radius 2 is 2.40 bits per heavy atom. The van der Waals surface area contributed by atoms with E-state index >= 15 is 0 Å². The second kappa shape index (κ2) is 3.53. The van der Waals surface area contributed by atoms with Crippen LogP contribution in [0.3, 0.4) is 0 Å². The minimum Gasteiger partial charge on any atom is -0.465 e. The van der Waals surface area contributed by atoms with Crippen LogP contribution in [0.4, 0.5) is 0 Å². The Kier molecular flexibility index (Phi) is 2.21. The van der Waals surface area contributed by atoms with E-state index in [4.69, 9.17) is 0 Å². The molecule has 0 aromatic carbocycles. The van der Waals surface area contributed by atoms with Crippen LogP contribution < -0.4 is 0 Å². The maximum absolute atomic E-state index is 11.3. The molecule has 0 aliphatic rings. The van der Waals surface area contributed by atoms with Crippen molar-refractivity contribution in [1.29, 1.82) is 0 Å². The second-order valence-corrected chi connectivity index (χ2v) is 2.96. The van der Waals surface area contributed by atoms with Gasteiger partial charge in [-0.2, -0.15) is 5.10 Å². The van der Waals surface area contributed by atoms with Crippen LogP contribution >= 0.6 is 0 Å². The lowest BCUT2D eigenvalue weighted by Gasteiger charge is -1.97. The molecule has 15 heavy (non-hydrogen) atoms. The normalized spacial score (nSPS) is 10.2. The molecule has 2 rings (SSSR count). The molecule has 2 heterocycles. The number of hydrogen-bond donors (Lipinski definition) is 0. The van der Waals surface area contributed by atoms with Gasteiger partial charge in [0.25, 0.3) is 0 Å². The van der Waals surface area contributed by atoms with Crippen molar-refractivity contribution in [1.82, 2.24) is 9.61 Å². The summed E-state index contributed by atoms with van der Waals surface area (Å²) in [6, 6.07) is 3.21. The number of ether oxygens (including phenoxy) is 1. The van der Waals surface area contributed by atoms with E-state index in [1.807, 2.05) is 0 Å². The molecule has 0 saturated heterocycles. The fourth-order valence-corrected chi connectivity index (χ4v) is 1.34. The zero-order chi connectivity index (χ0) is 10.8. The zero-order valence-corrected chi connectivity index (χ0v) is 8.01. The predicted molar refractivity (Wildman–Crippen MR) is 51.9 cm³/mol. The van der Waals surface area contributed by atoms with Crippen molar-refractivity contribution < 1.29 is 14.3 Å². The van der Waals surface area contributed by atoms with Gasteiger partial charge in [0, 0.05) is 11.8 Å². The minimum atomic E-state index is -0.465. The number of carbonyl (C=O) groups excluding carboxylic acids is 2. The molecular weight excluding hydrogens is 196 g/mol. The smallest absolute Gasteiger partial charge is 0.341 e. The maximum atomic E-state index is 11.3. The number of esters is 1. The molecule has 76 valence electrons. The van der Waals surface area contributed by atoms with Crippen molar-refractivity contribution in [2.24, 2.45) is 0 Å². The van der Waals surface area contributed by atoms with Crippen LogP contribution in [0, 0.1) is 0 Å². The number of rotatable bonds is 2. The van der Waals surface area contributed by atoms with E-state index in [-0.39, 0.29) is 0 Å². The molecule has 2 aromatic rings. The van der Waals surface area contributed by atoms with Crippen molar-refractivity contribution in [3.63, 3.8) is 0 Å². The van der Waals surface area contributed by atoms with E-state index in [0.717, 1.165) is 0 Å². The predicted octanol–water partition coefficient (Wildman–Crippen LogP) is 0.933. The van der Waals surface area contributed by atoms with Gasteiger partial charge in [-0.3, -0.25) is 4.79 Å². The molecule has 0 amide bonds. The third kappa shape index (κ3) is 1.48. The van der Waals surface area contributed by atoms with Crippen LogP contribution in [0.2, 0.25) is 0 Å². The number of aldehydes is 1. The fourth-order valence-electron chi connectivity index (χ4n) is 1.34. The van der Waals surface area contributed by atoms with Gasteiger partial charge in [0.1, 0.15) is 11.8 Å². The average molecular weight is 204 g/mol. The van der Waals surface area contributed by atoms with Gasteiger partial charge in [-0.15, -0.1) is 0 Å². The van der Waals surface area contributed by atoms with Crippen LogP contribution in [0.15, 0.2) is 24.5 Å². The largest absolute Gasteiger partial charge is 0.465 e. The minimum absolute atomic E-state index is 0.348. The van der Waals surface area contributed by atoms with Crippen LogP contribution in [-0.4, -0.2) is 29.0 Å². The first kappa shape index (κ1) is 9.39. The van der Waals surface area contributed by atoms with Gasteiger partial charge in [-0.25, -0.2) is 9.31 Å². The SMILES string of the molecule is COC(=O)c1cnn2ccc(C=O)cc12. The third-order valence-corrected chi connectivity index (χ3v) is 2.09. The summed E-state index contributed by atoms with van der Waals surface area (Å²) in [6.07, 6.45) is 3.75. The van der Waals surface area contributed by atoms with Gasteiger partial charge in [0.2, 0.25) is 0 Å². The first-order chi connectivity index (χ1) is 7.26. The van der Waals surface area contributed by atoms with E-state index in [9.17, 15) is 9.59 Å². The van der Waals surface area contributed by atoms with E-state index in [1.165, 1.54) is 17.8 Å². The Balaban J connectivity index is 2.66. The number of nitrogens with zero attached hydrogens (tertiary/aromatic N) is 2. The van der Waals surface area contributed by atoms with E-state index in [0.29, 0.717) is 22.9 Å². The highest BCUT2D eigenvalue weighted by atomic mass is 16.5. The van der Waals surface area contributed by atoms with Crippen LogP contribution in [0.25, 0.3) is 5.52 Å². The molecule has 0 spiro atoms. The van der Waals surface area contributed by atoms with Crippen LogP contribution in [-0.2, 0) is 4.74 Å². The average Bonchev–Trinajstić information content (AvgIpc) is 2.70. The Morgan fingerprint density at radius 1 is 1.60 bits per heavy atom. The molecule has 5 nitrogen and oxygen atoms in total. The van der Waals surface area contributed by atoms with Gasteiger partial charge in [0.05, 0.1) is 18.8 Å². The molecule has 0 atom stereocenters. The monoisotopic (exact) mass is 204 g/mol. The number of aromatic nitrogens is 2. The molecule has 0 aliphatic carbocycles. The second-order valence-electron chi connectivity index (χ2n) is 2.96. The summed E-state index contributed by atoms with van der Waals surface area (Å²) in [5, 5.41) is 3.96. The van der Waals surface area contributed by atoms with Crippen molar-refractivity contribution in [2.45, 2.75) is 0 Å². The summed E-state index contributed by atoms with van der Waals surface area (Å²) < 4.78 is 6.11. The zero-order valence-electron chi connectivity index (χ0n) is 8.01. The Bertz CT molecular complexity index is 530. The molecule has 5 heteroatoms. The fraction of sp³-hybridized carbons (Fsp3) is 0.100. The summed E-state index contributed by atoms with van der Waals surface area (Å²) in [4.78, 5) is 21.9. The summed E-state index contributed by atoms with van der Waals surface area (Å²) in [7, 11) is 1.30. The number of fused-ring (bicyclic) bond motifs is 1. The number of pyridine rings is 1. The third-order valence-electron chi connectivity index (χ3n) is 2.09. The van der Waals surface area contributed by atoms with Crippen molar-refractivity contribution in [2.75, 3.05) is 7.11 Å². The topological polar surface area (TPSA) is 60.7 Å². The Morgan fingerprint density at radius 3 is 3.07 bits per heavy atom. The molecule has 0 bridgehead atoms. The van der Waals surface area contributed by atoms with Gasteiger partial charge >= 0.3 is 5.97 Å². The Labute approximate surface area is 85.3 Å². The molecule has 0 fully saturated rings. The lowest BCUT2D eigenvalue weighted by atomic mass is 10.2. The van der Waals surface area contributed by atoms with Crippen molar-refractivity contribution in [3.8, 4) is 0 Å². The van der Waals surface area contributed by atoms with E-state index in [1.54, 1.807) is 18.3 Å².